The standard InChI is InChI=1S/C16H29N3O/c1-6-19(13(2)11-18(3)4)12-14-7-8-16(20-5)15(9-14)10-17/h7-9,13H,6,10-12,17H2,1-5H3. The summed E-state index contributed by atoms with van der Waals surface area (Å²) >= 11 is 0. The van der Waals surface area contributed by atoms with Crippen LogP contribution in [-0.2, 0) is 13.1 Å². The maximum atomic E-state index is 5.78. The molecule has 114 valence electrons. The monoisotopic (exact) mass is 279 g/mol. The van der Waals surface area contributed by atoms with Crippen LogP contribution in [-0.4, -0.2) is 50.1 Å². The Morgan fingerprint density at radius 3 is 2.50 bits per heavy atom. The summed E-state index contributed by atoms with van der Waals surface area (Å²) in [5.74, 6) is 0.876. The van der Waals surface area contributed by atoms with Crippen molar-refractivity contribution >= 4 is 0 Å². The molecular formula is C16H29N3O. The predicted octanol–water partition coefficient (Wildman–Crippen LogP) is 1.93. The van der Waals surface area contributed by atoms with Gasteiger partial charge in [-0.05, 0) is 45.3 Å². The van der Waals surface area contributed by atoms with Crippen LogP contribution in [0.5, 0.6) is 5.75 Å². The van der Waals surface area contributed by atoms with Crippen molar-refractivity contribution in [1.29, 1.82) is 0 Å². The number of hydrogen-bond donors (Lipinski definition) is 1. The van der Waals surface area contributed by atoms with E-state index in [1.54, 1.807) is 7.11 Å². The first-order valence-electron chi connectivity index (χ1n) is 7.26. The first-order chi connectivity index (χ1) is 9.51. The molecule has 1 unspecified atom stereocenters. The van der Waals surface area contributed by atoms with Gasteiger partial charge in [-0.25, -0.2) is 0 Å². The van der Waals surface area contributed by atoms with Gasteiger partial charge in [0, 0.05) is 31.2 Å². The lowest BCUT2D eigenvalue weighted by atomic mass is 10.1. The molecule has 1 rings (SSSR count). The van der Waals surface area contributed by atoms with Crippen LogP contribution in [0.1, 0.15) is 25.0 Å². The molecule has 0 aliphatic heterocycles. The smallest absolute Gasteiger partial charge is 0.123 e. The van der Waals surface area contributed by atoms with E-state index in [2.05, 4.69) is 49.9 Å². The molecule has 0 radical (unpaired) electrons. The SMILES string of the molecule is CCN(Cc1ccc(OC)c(CN)c1)C(C)CN(C)C. The van der Waals surface area contributed by atoms with Crippen LogP contribution in [0, 0.1) is 0 Å². The number of methoxy groups -OCH3 is 1. The van der Waals surface area contributed by atoms with E-state index in [1.165, 1.54) is 5.56 Å². The van der Waals surface area contributed by atoms with Crippen LogP contribution in [0.15, 0.2) is 18.2 Å². The minimum atomic E-state index is 0.510. The Kier molecular flexibility index (Phi) is 6.99. The Labute approximate surface area is 123 Å². The molecule has 0 aromatic heterocycles. The van der Waals surface area contributed by atoms with Crippen molar-refractivity contribution in [1.82, 2.24) is 9.80 Å². The second-order valence-electron chi connectivity index (χ2n) is 5.52. The number of nitrogens with zero attached hydrogens (tertiary/aromatic N) is 2. The molecule has 1 aromatic rings. The van der Waals surface area contributed by atoms with Crippen LogP contribution >= 0.6 is 0 Å². The van der Waals surface area contributed by atoms with Crippen molar-refractivity contribution in [2.45, 2.75) is 33.0 Å². The summed E-state index contributed by atoms with van der Waals surface area (Å²) in [6.07, 6.45) is 0. The molecule has 4 nitrogen and oxygen atoms in total. The van der Waals surface area contributed by atoms with Gasteiger partial charge in [-0.15, -0.1) is 0 Å². The summed E-state index contributed by atoms with van der Waals surface area (Å²) in [7, 11) is 5.92. The van der Waals surface area contributed by atoms with E-state index in [-0.39, 0.29) is 0 Å². The zero-order chi connectivity index (χ0) is 15.1. The quantitative estimate of drug-likeness (QED) is 0.789. The fraction of sp³-hybridized carbons (Fsp3) is 0.625. The predicted molar refractivity (Wildman–Crippen MR) is 85.0 cm³/mol. The molecule has 0 heterocycles. The van der Waals surface area contributed by atoms with Gasteiger partial charge in [0.1, 0.15) is 5.75 Å². The topological polar surface area (TPSA) is 41.7 Å². The van der Waals surface area contributed by atoms with E-state index in [9.17, 15) is 0 Å². The van der Waals surface area contributed by atoms with Crippen LogP contribution in [0.3, 0.4) is 0 Å². The lowest BCUT2D eigenvalue weighted by molar-refractivity contribution is 0.174. The molecule has 1 aromatic carbocycles. The third-order valence-corrected chi connectivity index (χ3v) is 3.61. The summed E-state index contributed by atoms with van der Waals surface area (Å²) in [5, 5.41) is 0. The molecular weight excluding hydrogens is 250 g/mol. The van der Waals surface area contributed by atoms with Crippen LogP contribution < -0.4 is 10.5 Å². The molecule has 0 saturated heterocycles. The van der Waals surface area contributed by atoms with E-state index in [0.717, 1.165) is 30.9 Å². The molecule has 0 bridgehead atoms. The van der Waals surface area contributed by atoms with Crippen molar-refractivity contribution in [3.05, 3.63) is 29.3 Å². The van der Waals surface area contributed by atoms with Crippen molar-refractivity contribution in [2.75, 3.05) is 34.3 Å². The number of rotatable bonds is 8. The van der Waals surface area contributed by atoms with Gasteiger partial charge in [0.2, 0.25) is 0 Å². The average molecular weight is 279 g/mol. The molecule has 0 aliphatic rings. The lowest BCUT2D eigenvalue weighted by Gasteiger charge is -2.30. The van der Waals surface area contributed by atoms with E-state index in [1.807, 2.05) is 6.07 Å². The number of benzene rings is 1. The fourth-order valence-electron chi connectivity index (χ4n) is 2.55. The second kappa shape index (κ2) is 8.25. The second-order valence-corrected chi connectivity index (χ2v) is 5.52. The number of ether oxygens (including phenoxy) is 1. The summed E-state index contributed by atoms with van der Waals surface area (Å²) in [4.78, 5) is 4.70. The van der Waals surface area contributed by atoms with Gasteiger partial charge in [-0.2, -0.15) is 0 Å². The highest BCUT2D eigenvalue weighted by Gasteiger charge is 2.14. The zero-order valence-electron chi connectivity index (χ0n) is 13.5. The van der Waals surface area contributed by atoms with Gasteiger partial charge in [-0.1, -0.05) is 13.0 Å². The van der Waals surface area contributed by atoms with Crippen LogP contribution in [0.2, 0.25) is 0 Å². The van der Waals surface area contributed by atoms with E-state index in [0.29, 0.717) is 12.6 Å². The Bertz CT molecular complexity index is 407. The lowest BCUT2D eigenvalue weighted by Crippen LogP contribution is -2.39. The highest BCUT2D eigenvalue weighted by atomic mass is 16.5. The summed E-state index contributed by atoms with van der Waals surface area (Å²) < 4.78 is 5.32. The fourth-order valence-corrected chi connectivity index (χ4v) is 2.55. The van der Waals surface area contributed by atoms with Crippen LogP contribution in [0.4, 0.5) is 0 Å². The number of likely N-dealkylation sites (N-methyl/N-ethyl adjacent to an activating group) is 2. The molecule has 4 heteroatoms. The van der Waals surface area contributed by atoms with Gasteiger partial charge in [0.05, 0.1) is 7.11 Å². The van der Waals surface area contributed by atoms with Gasteiger partial charge in [-0.3, -0.25) is 4.90 Å². The normalized spacial score (nSPS) is 13.0. The van der Waals surface area contributed by atoms with E-state index >= 15 is 0 Å². The first kappa shape index (κ1) is 17.0. The Balaban J connectivity index is 2.79. The number of hydrogen-bond acceptors (Lipinski definition) is 4. The minimum absolute atomic E-state index is 0.510. The third kappa shape index (κ3) is 4.78. The van der Waals surface area contributed by atoms with Gasteiger partial charge < -0.3 is 15.4 Å². The maximum absolute atomic E-state index is 5.78. The van der Waals surface area contributed by atoms with Crippen molar-refractivity contribution in [3.63, 3.8) is 0 Å². The van der Waals surface area contributed by atoms with Crippen molar-refractivity contribution in [3.8, 4) is 5.75 Å². The van der Waals surface area contributed by atoms with Crippen molar-refractivity contribution < 1.29 is 4.74 Å². The Morgan fingerprint density at radius 2 is 2.00 bits per heavy atom. The van der Waals surface area contributed by atoms with Gasteiger partial charge in [0.25, 0.3) is 0 Å². The Morgan fingerprint density at radius 1 is 1.30 bits per heavy atom. The van der Waals surface area contributed by atoms with E-state index < -0.39 is 0 Å². The molecule has 1 atom stereocenters. The molecule has 0 fully saturated rings. The Hall–Kier alpha value is -1.10. The molecule has 0 spiro atoms. The molecule has 0 saturated carbocycles. The first-order valence-corrected chi connectivity index (χ1v) is 7.26. The molecule has 20 heavy (non-hydrogen) atoms. The molecule has 0 amide bonds. The maximum Gasteiger partial charge on any atom is 0.123 e. The van der Waals surface area contributed by atoms with Crippen molar-refractivity contribution in [2.24, 2.45) is 5.73 Å². The summed E-state index contributed by atoms with van der Waals surface area (Å²) in [6, 6.07) is 6.83. The zero-order valence-corrected chi connectivity index (χ0v) is 13.5. The molecule has 2 N–H and O–H groups in total. The number of nitrogens with two attached hydrogens (primary N) is 1. The van der Waals surface area contributed by atoms with Gasteiger partial charge >= 0.3 is 0 Å². The summed E-state index contributed by atoms with van der Waals surface area (Å²) in [6.45, 7) is 8.04. The third-order valence-electron chi connectivity index (χ3n) is 3.61. The average Bonchev–Trinajstić information content (AvgIpc) is 2.43. The highest BCUT2D eigenvalue weighted by molar-refractivity contribution is 5.37. The van der Waals surface area contributed by atoms with Crippen LogP contribution in [0.25, 0.3) is 0 Å². The van der Waals surface area contributed by atoms with Gasteiger partial charge in [0.15, 0.2) is 0 Å². The summed E-state index contributed by atoms with van der Waals surface area (Å²) in [5.41, 5.74) is 8.14. The minimum Gasteiger partial charge on any atom is -0.496 e. The highest BCUT2D eigenvalue weighted by Crippen LogP contribution is 2.20. The molecule has 0 aliphatic carbocycles. The van der Waals surface area contributed by atoms with E-state index in [4.69, 9.17) is 10.5 Å². The largest absolute Gasteiger partial charge is 0.496 e.